The van der Waals surface area contributed by atoms with E-state index >= 15 is 0 Å². The van der Waals surface area contributed by atoms with E-state index in [2.05, 4.69) is 5.32 Å². The largest absolute Gasteiger partial charge is 0.469 e. The van der Waals surface area contributed by atoms with Crippen molar-refractivity contribution in [3.8, 4) is 0 Å². The lowest BCUT2D eigenvalue weighted by atomic mass is 9.85. The highest BCUT2D eigenvalue weighted by atomic mass is 19.4. The first-order valence-corrected chi connectivity index (χ1v) is 6.37. The zero-order valence-electron chi connectivity index (χ0n) is 11.0. The summed E-state index contributed by atoms with van der Waals surface area (Å²) in [5.74, 6) is -0.509. The van der Waals surface area contributed by atoms with E-state index in [1.54, 1.807) is 0 Å². The first kappa shape index (κ1) is 14.8. The molecule has 0 amide bonds. The molecule has 6 heteroatoms. The molecule has 3 nitrogen and oxygen atoms in total. The molecular weight excluding hydrogens is 271 g/mol. The second-order valence-corrected chi connectivity index (χ2v) is 4.93. The number of hydrogen-bond acceptors (Lipinski definition) is 3. The third-order valence-corrected chi connectivity index (χ3v) is 3.59. The predicted octanol–water partition coefficient (Wildman–Crippen LogP) is 2.57. The lowest BCUT2D eigenvalue weighted by Crippen LogP contribution is -2.39. The molecule has 2 atom stereocenters. The van der Waals surface area contributed by atoms with Crippen LogP contribution in [-0.2, 0) is 15.7 Å². The van der Waals surface area contributed by atoms with Gasteiger partial charge in [-0.05, 0) is 30.0 Å². The minimum atomic E-state index is -4.32. The van der Waals surface area contributed by atoms with E-state index in [1.807, 2.05) is 0 Å². The Kier molecular flexibility index (Phi) is 4.32. The van der Waals surface area contributed by atoms with E-state index in [9.17, 15) is 18.0 Å². The van der Waals surface area contributed by atoms with Gasteiger partial charge in [-0.1, -0.05) is 12.1 Å². The minimum absolute atomic E-state index is 0.0233. The van der Waals surface area contributed by atoms with Gasteiger partial charge in [0, 0.05) is 13.1 Å². The minimum Gasteiger partial charge on any atom is -0.469 e. The zero-order valence-corrected chi connectivity index (χ0v) is 11.0. The zero-order chi connectivity index (χ0) is 14.8. The Morgan fingerprint density at radius 1 is 1.25 bits per heavy atom. The van der Waals surface area contributed by atoms with Crippen LogP contribution < -0.4 is 5.32 Å². The molecule has 0 aliphatic carbocycles. The van der Waals surface area contributed by atoms with Gasteiger partial charge < -0.3 is 10.1 Å². The molecule has 1 N–H and O–H groups in total. The Morgan fingerprint density at radius 3 is 2.45 bits per heavy atom. The molecule has 0 spiro atoms. The smallest absolute Gasteiger partial charge is 0.416 e. The van der Waals surface area contributed by atoms with Crippen molar-refractivity contribution in [3.63, 3.8) is 0 Å². The first-order chi connectivity index (χ1) is 9.41. The number of esters is 1. The summed E-state index contributed by atoms with van der Waals surface area (Å²) in [6.45, 7) is 1.20. The molecule has 20 heavy (non-hydrogen) atoms. The van der Waals surface area contributed by atoms with Crippen LogP contribution in [0, 0.1) is 5.92 Å². The summed E-state index contributed by atoms with van der Waals surface area (Å²) in [6, 6.07) is 5.12. The van der Waals surface area contributed by atoms with Crippen molar-refractivity contribution in [2.75, 3.05) is 20.2 Å². The summed E-state index contributed by atoms with van der Waals surface area (Å²) in [6.07, 6.45) is -3.73. The predicted molar refractivity (Wildman–Crippen MR) is 67.2 cm³/mol. The van der Waals surface area contributed by atoms with Crippen LogP contribution >= 0.6 is 0 Å². The molecule has 1 aliphatic rings. The second kappa shape index (κ2) is 5.83. The standard InChI is InChI=1S/C14H16F3NO2/c1-20-13(19)11-6-10(7-18-8-11)9-2-4-12(5-3-9)14(15,16)17/h2-5,10-11,18H,6-8H2,1H3/t10-,11+/m0/s1. The third-order valence-electron chi connectivity index (χ3n) is 3.59. The third kappa shape index (κ3) is 3.30. The number of carbonyl (C=O) groups excluding carboxylic acids is 1. The molecule has 1 saturated heterocycles. The molecule has 110 valence electrons. The molecule has 1 aromatic rings. The number of halogens is 3. The van der Waals surface area contributed by atoms with Crippen LogP contribution in [0.3, 0.4) is 0 Å². The monoisotopic (exact) mass is 287 g/mol. The number of alkyl halides is 3. The van der Waals surface area contributed by atoms with Crippen LogP contribution in [0.25, 0.3) is 0 Å². The number of benzene rings is 1. The van der Waals surface area contributed by atoms with Gasteiger partial charge in [-0.3, -0.25) is 4.79 Å². The molecule has 1 aliphatic heterocycles. The Hall–Kier alpha value is -1.56. The quantitative estimate of drug-likeness (QED) is 0.850. The molecule has 2 rings (SSSR count). The Balaban J connectivity index is 2.09. The molecular formula is C14H16F3NO2. The normalized spacial score (nSPS) is 23.4. The van der Waals surface area contributed by atoms with Crippen LogP contribution in [0.5, 0.6) is 0 Å². The highest BCUT2D eigenvalue weighted by molar-refractivity contribution is 5.72. The van der Waals surface area contributed by atoms with E-state index in [0.717, 1.165) is 17.7 Å². The fourth-order valence-corrected chi connectivity index (χ4v) is 2.49. The van der Waals surface area contributed by atoms with Crippen molar-refractivity contribution in [1.82, 2.24) is 5.32 Å². The average Bonchev–Trinajstić information content (AvgIpc) is 2.46. The van der Waals surface area contributed by atoms with Crippen molar-refractivity contribution in [2.45, 2.75) is 18.5 Å². The molecule has 1 heterocycles. The highest BCUT2D eigenvalue weighted by Gasteiger charge is 2.31. The van der Waals surface area contributed by atoms with Gasteiger partial charge in [0.25, 0.3) is 0 Å². The Morgan fingerprint density at radius 2 is 1.90 bits per heavy atom. The van der Waals surface area contributed by atoms with Gasteiger partial charge in [-0.2, -0.15) is 13.2 Å². The number of hydrogen-bond donors (Lipinski definition) is 1. The maximum atomic E-state index is 12.5. The maximum absolute atomic E-state index is 12.5. The molecule has 0 saturated carbocycles. The van der Waals surface area contributed by atoms with E-state index in [-0.39, 0.29) is 17.8 Å². The molecule has 1 fully saturated rings. The van der Waals surface area contributed by atoms with E-state index in [0.29, 0.717) is 19.5 Å². The fourth-order valence-electron chi connectivity index (χ4n) is 2.49. The van der Waals surface area contributed by atoms with Crippen molar-refractivity contribution in [3.05, 3.63) is 35.4 Å². The highest BCUT2D eigenvalue weighted by Crippen LogP contribution is 2.32. The van der Waals surface area contributed by atoms with Crippen LogP contribution in [0.15, 0.2) is 24.3 Å². The maximum Gasteiger partial charge on any atom is 0.416 e. The number of methoxy groups -OCH3 is 1. The summed E-state index contributed by atoms with van der Waals surface area (Å²) >= 11 is 0. The topological polar surface area (TPSA) is 38.3 Å². The van der Waals surface area contributed by atoms with Crippen molar-refractivity contribution < 1.29 is 22.7 Å². The Labute approximate surface area is 115 Å². The second-order valence-electron chi connectivity index (χ2n) is 4.93. The van der Waals surface area contributed by atoms with Crippen LogP contribution in [0.4, 0.5) is 13.2 Å². The van der Waals surface area contributed by atoms with Gasteiger partial charge >= 0.3 is 12.1 Å². The summed E-state index contributed by atoms with van der Waals surface area (Å²) in [5, 5.41) is 3.12. The van der Waals surface area contributed by atoms with E-state index in [4.69, 9.17) is 4.74 Å². The van der Waals surface area contributed by atoms with Crippen LogP contribution in [0.1, 0.15) is 23.5 Å². The van der Waals surface area contributed by atoms with Gasteiger partial charge in [0.05, 0.1) is 18.6 Å². The van der Waals surface area contributed by atoms with E-state index < -0.39 is 11.7 Å². The number of rotatable bonds is 2. The lowest BCUT2D eigenvalue weighted by Gasteiger charge is -2.28. The summed E-state index contributed by atoms with van der Waals surface area (Å²) in [7, 11) is 1.34. The SMILES string of the molecule is COC(=O)[C@H]1CNC[C@@H](c2ccc(C(F)(F)F)cc2)C1. The van der Waals surface area contributed by atoms with Crippen molar-refractivity contribution >= 4 is 5.97 Å². The Bertz CT molecular complexity index is 470. The van der Waals surface area contributed by atoms with Gasteiger partial charge in [-0.25, -0.2) is 0 Å². The molecule has 0 unspecified atom stereocenters. The average molecular weight is 287 g/mol. The number of ether oxygens (including phenoxy) is 1. The molecule has 0 bridgehead atoms. The van der Waals surface area contributed by atoms with Gasteiger partial charge in [0.1, 0.15) is 0 Å². The fraction of sp³-hybridized carbons (Fsp3) is 0.500. The van der Waals surface area contributed by atoms with Gasteiger partial charge in [0.15, 0.2) is 0 Å². The molecule has 0 radical (unpaired) electrons. The van der Waals surface area contributed by atoms with Crippen LogP contribution in [0.2, 0.25) is 0 Å². The number of nitrogens with one attached hydrogen (secondary N) is 1. The van der Waals surface area contributed by atoms with Crippen LogP contribution in [-0.4, -0.2) is 26.2 Å². The molecule has 0 aromatic heterocycles. The summed E-state index contributed by atoms with van der Waals surface area (Å²) in [5.41, 5.74) is 0.147. The van der Waals surface area contributed by atoms with Crippen molar-refractivity contribution in [2.24, 2.45) is 5.92 Å². The van der Waals surface area contributed by atoms with Gasteiger partial charge in [0.2, 0.25) is 0 Å². The number of carbonyl (C=O) groups is 1. The lowest BCUT2D eigenvalue weighted by molar-refractivity contribution is -0.146. The summed E-state index contributed by atoms with van der Waals surface area (Å²) < 4.78 is 42.2. The number of piperidine rings is 1. The van der Waals surface area contributed by atoms with E-state index in [1.165, 1.54) is 19.2 Å². The summed E-state index contributed by atoms with van der Waals surface area (Å²) in [4.78, 5) is 11.5. The van der Waals surface area contributed by atoms with Crippen molar-refractivity contribution in [1.29, 1.82) is 0 Å². The molecule has 1 aromatic carbocycles. The van der Waals surface area contributed by atoms with Gasteiger partial charge in [-0.15, -0.1) is 0 Å². The first-order valence-electron chi connectivity index (χ1n) is 6.37.